The molecule has 3 N–H and O–H groups in total. The van der Waals surface area contributed by atoms with Gasteiger partial charge in [0.05, 0.1) is 23.1 Å². The summed E-state index contributed by atoms with van der Waals surface area (Å²) in [6, 6.07) is -0.805. The molecule has 0 aliphatic rings. The number of sulfonamides is 1. The van der Waals surface area contributed by atoms with Gasteiger partial charge in [-0.15, -0.1) is 11.6 Å². The van der Waals surface area contributed by atoms with E-state index in [0.717, 1.165) is 4.31 Å². The number of carbonyl (C=O) groups excluding carboxylic acids is 1. The summed E-state index contributed by atoms with van der Waals surface area (Å²) >= 11 is 5.29. The van der Waals surface area contributed by atoms with Gasteiger partial charge in [-0.25, -0.2) is 17.5 Å². The Morgan fingerprint density at radius 3 is 2.63 bits per heavy atom. The van der Waals surface area contributed by atoms with E-state index >= 15 is 0 Å². The van der Waals surface area contributed by atoms with Crippen LogP contribution in [0.1, 0.15) is 0 Å². The molecule has 0 rings (SSSR count). The molecule has 0 heterocycles. The van der Waals surface area contributed by atoms with E-state index in [9.17, 15) is 18.1 Å². The Bertz CT molecular complexity index is 402. The molecule has 11 heteroatoms. The van der Waals surface area contributed by atoms with Crippen LogP contribution in [-0.4, -0.2) is 73.7 Å². The fourth-order valence-electron chi connectivity index (χ4n) is 1.01. The minimum absolute atomic E-state index is 0.0153. The van der Waals surface area contributed by atoms with Gasteiger partial charge in [0.25, 0.3) is 0 Å². The number of hydrogen-bond donors (Lipinski definition) is 3. The molecular formula is C8H18ClN4O5S+. The summed E-state index contributed by atoms with van der Waals surface area (Å²) < 4.78 is 24.1. The van der Waals surface area contributed by atoms with E-state index in [1.807, 2.05) is 5.43 Å². The highest BCUT2D eigenvalue weighted by Crippen LogP contribution is 1.95. The fourth-order valence-corrected chi connectivity index (χ4v) is 2.20. The van der Waals surface area contributed by atoms with Crippen LogP contribution < -0.4 is 10.7 Å². The number of alkyl halides is 1. The van der Waals surface area contributed by atoms with Gasteiger partial charge in [0.2, 0.25) is 16.6 Å². The van der Waals surface area contributed by atoms with Crippen molar-refractivity contribution in [3.63, 3.8) is 0 Å². The number of nitrogens with zero attached hydrogens (tertiary/aromatic N) is 2. The van der Waals surface area contributed by atoms with Gasteiger partial charge in [-0.05, 0) is 0 Å². The van der Waals surface area contributed by atoms with E-state index in [0.29, 0.717) is 0 Å². The van der Waals surface area contributed by atoms with Crippen molar-refractivity contribution in [2.75, 3.05) is 44.9 Å². The number of urea groups is 1. The molecule has 0 radical (unpaired) electrons. The lowest BCUT2D eigenvalue weighted by molar-refractivity contribution is -0.588. The van der Waals surface area contributed by atoms with Crippen molar-refractivity contribution in [1.82, 2.24) is 15.0 Å². The third kappa shape index (κ3) is 7.93. The largest absolute Gasteiger partial charge is 0.395 e. The van der Waals surface area contributed by atoms with Gasteiger partial charge in [-0.1, -0.05) is 5.43 Å². The molecule has 0 spiro atoms. The van der Waals surface area contributed by atoms with Gasteiger partial charge < -0.3 is 10.4 Å². The quantitative estimate of drug-likeness (QED) is 0.271. The molecule has 2 amide bonds. The molecule has 0 aliphatic carbocycles. The van der Waals surface area contributed by atoms with E-state index in [4.69, 9.17) is 16.7 Å². The van der Waals surface area contributed by atoms with Crippen LogP contribution in [0.4, 0.5) is 4.79 Å². The molecule has 0 saturated carbocycles. The van der Waals surface area contributed by atoms with Crippen molar-refractivity contribution in [2.24, 2.45) is 0 Å². The van der Waals surface area contributed by atoms with Crippen molar-refractivity contribution < 1.29 is 23.2 Å². The monoisotopic (exact) mass is 317 g/mol. The molecule has 0 aromatic rings. The van der Waals surface area contributed by atoms with Gasteiger partial charge in [0, 0.05) is 20.1 Å². The van der Waals surface area contributed by atoms with Crippen LogP contribution in [0.3, 0.4) is 0 Å². The van der Waals surface area contributed by atoms with Crippen molar-refractivity contribution in [2.45, 2.75) is 0 Å². The topological polar surface area (TPSA) is 119 Å². The van der Waals surface area contributed by atoms with Crippen molar-refractivity contribution in [1.29, 1.82) is 0 Å². The summed E-state index contributed by atoms with van der Waals surface area (Å²) in [4.78, 5) is 22.3. The van der Waals surface area contributed by atoms with Crippen molar-refractivity contribution in [3.8, 4) is 0 Å². The Kier molecular flexibility index (Phi) is 8.56. The number of hydrazine groups is 1. The Balaban J connectivity index is 4.02. The number of nitroso groups, excluding NO2 is 1. The second-order valence-electron chi connectivity index (χ2n) is 3.52. The third-order valence-electron chi connectivity index (χ3n) is 2.05. The van der Waals surface area contributed by atoms with E-state index < -0.39 is 16.1 Å². The maximum absolute atomic E-state index is 11.6. The molecule has 0 aromatic heterocycles. The molecule has 0 bridgehead atoms. The molecule has 112 valence electrons. The minimum atomic E-state index is -3.54. The summed E-state index contributed by atoms with van der Waals surface area (Å²) in [5, 5.41) is 10.8. The Morgan fingerprint density at radius 1 is 1.47 bits per heavy atom. The van der Waals surface area contributed by atoms with Gasteiger partial charge in [0.1, 0.15) is 4.87 Å². The van der Waals surface area contributed by atoms with Crippen LogP contribution >= 0.6 is 11.6 Å². The maximum atomic E-state index is 11.6. The lowest BCUT2D eigenvalue weighted by atomic mass is 10.7. The van der Waals surface area contributed by atoms with E-state index in [-0.39, 0.29) is 42.7 Å². The number of nitrogens with one attached hydrogen (secondary N) is 2. The lowest BCUT2D eigenvalue weighted by Crippen LogP contribution is -2.44. The first-order chi connectivity index (χ1) is 8.83. The van der Waals surface area contributed by atoms with Crippen LogP contribution in [0.2, 0.25) is 0 Å². The van der Waals surface area contributed by atoms with Gasteiger partial charge in [0.15, 0.2) is 0 Å². The van der Waals surface area contributed by atoms with Gasteiger partial charge in [-0.3, -0.25) is 0 Å². The van der Waals surface area contributed by atoms with Crippen molar-refractivity contribution in [3.05, 3.63) is 4.91 Å². The number of likely N-dealkylation sites (N-methyl/N-ethyl adjacent to an activating group) is 1. The molecule has 0 saturated heterocycles. The van der Waals surface area contributed by atoms with Crippen LogP contribution in [0.15, 0.2) is 0 Å². The molecule has 19 heavy (non-hydrogen) atoms. The van der Waals surface area contributed by atoms with Crippen molar-refractivity contribution >= 4 is 27.7 Å². The smallest absolute Gasteiger partial charge is 0.371 e. The predicted octanol–water partition coefficient (Wildman–Crippen LogP) is -1.53. The van der Waals surface area contributed by atoms with Crippen LogP contribution in [-0.2, 0) is 10.0 Å². The minimum Gasteiger partial charge on any atom is -0.395 e. The molecule has 0 fully saturated rings. The first-order valence-electron chi connectivity index (χ1n) is 5.43. The second kappa shape index (κ2) is 9.02. The number of rotatable bonds is 9. The maximum Gasteiger partial charge on any atom is 0.371 e. The first kappa shape index (κ1) is 18.0. The summed E-state index contributed by atoms with van der Waals surface area (Å²) in [6.07, 6.45) is 0. The number of hydrogen-bond acceptors (Lipinski definition) is 5. The van der Waals surface area contributed by atoms with Crippen LogP contribution in [0, 0.1) is 4.91 Å². The molecule has 9 nitrogen and oxygen atoms in total. The lowest BCUT2D eigenvalue weighted by Gasteiger charge is -2.15. The molecule has 0 atom stereocenters. The number of halogens is 1. The average molecular weight is 318 g/mol. The van der Waals surface area contributed by atoms with E-state index in [1.165, 1.54) is 7.05 Å². The first-order valence-corrected chi connectivity index (χ1v) is 7.58. The Labute approximate surface area is 116 Å². The standard InChI is InChI=1S/C8H17ClN4O5S/c1-12(5-6-14)19(17,18)7-3-10-8(15)11-13(16)4-2-9/h14H,2-7H2,1H3,(H-,10,11,15,16)/p+1. The number of amides is 2. The van der Waals surface area contributed by atoms with Crippen LogP contribution in [0.25, 0.3) is 0 Å². The van der Waals surface area contributed by atoms with Crippen LogP contribution in [0.5, 0.6) is 0 Å². The van der Waals surface area contributed by atoms with Gasteiger partial charge in [-0.2, -0.15) is 0 Å². The summed E-state index contributed by atoms with van der Waals surface area (Å²) in [6.45, 7) is -0.531. The SMILES string of the molecule is CN(CCO)S(=O)(=O)CCNC(=O)N[N+](=O)CCCl. The molecule has 0 unspecified atom stereocenters. The summed E-state index contributed by atoms with van der Waals surface area (Å²) in [5.74, 6) is -0.268. The van der Waals surface area contributed by atoms with E-state index in [1.54, 1.807) is 0 Å². The normalized spacial score (nSPS) is 11.4. The fraction of sp³-hybridized carbons (Fsp3) is 0.875. The van der Waals surface area contributed by atoms with Gasteiger partial charge >= 0.3 is 6.03 Å². The molecular weight excluding hydrogens is 300 g/mol. The number of carbonyl (C=O) groups is 1. The molecule has 0 aliphatic heterocycles. The average Bonchev–Trinajstić information content (AvgIpc) is 2.29. The zero-order valence-corrected chi connectivity index (χ0v) is 12.1. The Morgan fingerprint density at radius 2 is 2.11 bits per heavy atom. The second-order valence-corrected chi connectivity index (χ2v) is 6.09. The molecule has 0 aromatic carbocycles. The highest BCUT2D eigenvalue weighted by atomic mass is 35.5. The van der Waals surface area contributed by atoms with E-state index in [2.05, 4.69) is 5.32 Å². The number of aliphatic hydroxyl groups is 1. The highest BCUT2D eigenvalue weighted by Gasteiger charge is 2.18. The third-order valence-corrected chi connectivity index (χ3v) is 4.07. The summed E-state index contributed by atoms with van der Waals surface area (Å²) in [7, 11) is -2.21. The zero-order chi connectivity index (χ0) is 14.9. The Hall–Kier alpha value is -0.970. The summed E-state index contributed by atoms with van der Waals surface area (Å²) in [5.41, 5.74) is 1.92. The predicted molar refractivity (Wildman–Crippen MR) is 69.3 cm³/mol. The zero-order valence-electron chi connectivity index (χ0n) is 10.5. The highest BCUT2D eigenvalue weighted by molar-refractivity contribution is 7.89. The number of aliphatic hydroxyl groups excluding tert-OH is 1.